The molecule has 0 saturated carbocycles. The third-order valence-corrected chi connectivity index (χ3v) is 4.05. The smallest absolute Gasteiger partial charge is 0.343 e. The van der Waals surface area contributed by atoms with Crippen LogP contribution < -0.4 is 10.2 Å². The minimum Gasteiger partial charge on any atom is -0.423 e. The molecule has 3 aromatic carbocycles. The Balaban J connectivity index is 1.64. The van der Waals surface area contributed by atoms with Gasteiger partial charge >= 0.3 is 5.97 Å². The SMILES string of the molecule is Cc1ccc(C(=O)NN=Cc2cccc(OC(=O)c3cccc([N+](=O)[O-])c3)c2)cc1. The molecular weight excluding hydrogens is 386 g/mol. The minimum absolute atomic E-state index is 0.0635. The van der Waals surface area contributed by atoms with Gasteiger partial charge in [0.1, 0.15) is 5.75 Å². The lowest BCUT2D eigenvalue weighted by Gasteiger charge is -2.05. The largest absolute Gasteiger partial charge is 0.423 e. The molecule has 0 aromatic heterocycles. The highest BCUT2D eigenvalue weighted by molar-refractivity contribution is 5.95. The van der Waals surface area contributed by atoms with Crippen molar-refractivity contribution in [3.63, 3.8) is 0 Å². The number of rotatable bonds is 6. The summed E-state index contributed by atoms with van der Waals surface area (Å²) < 4.78 is 5.27. The lowest BCUT2D eigenvalue weighted by atomic mass is 10.1. The summed E-state index contributed by atoms with van der Waals surface area (Å²) in [6, 6.07) is 18.8. The molecule has 0 aliphatic heterocycles. The van der Waals surface area contributed by atoms with E-state index in [9.17, 15) is 19.7 Å². The van der Waals surface area contributed by atoms with Crippen LogP contribution in [0.4, 0.5) is 5.69 Å². The number of nitro benzene ring substituents is 1. The Kier molecular flexibility index (Phi) is 6.29. The maximum atomic E-state index is 12.2. The second kappa shape index (κ2) is 9.24. The maximum absolute atomic E-state index is 12.2. The Bertz CT molecular complexity index is 1120. The number of nitro groups is 1. The molecular formula is C22H17N3O5. The first-order valence-corrected chi connectivity index (χ1v) is 8.89. The molecule has 8 heteroatoms. The quantitative estimate of drug-likeness (QED) is 0.221. The average Bonchev–Trinajstić information content (AvgIpc) is 2.74. The van der Waals surface area contributed by atoms with Crippen molar-refractivity contribution < 1.29 is 19.2 Å². The summed E-state index contributed by atoms with van der Waals surface area (Å²) in [6.45, 7) is 1.93. The summed E-state index contributed by atoms with van der Waals surface area (Å²) in [6.07, 6.45) is 1.41. The van der Waals surface area contributed by atoms with Crippen LogP contribution in [-0.4, -0.2) is 23.0 Å². The first kappa shape index (κ1) is 20.4. The van der Waals surface area contributed by atoms with Crippen molar-refractivity contribution in [1.82, 2.24) is 5.43 Å². The summed E-state index contributed by atoms with van der Waals surface area (Å²) in [4.78, 5) is 34.6. The lowest BCUT2D eigenvalue weighted by Crippen LogP contribution is -2.17. The van der Waals surface area contributed by atoms with Gasteiger partial charge in [0.05, 0.1) is 16.7 Å². The Morgan fingerprint density at radius 2 is 1.73 bits per heavy atom. The number of hydrogen-bond donors (Lipinski definition) is 1. The predicted molar refractivity (Wildman–Crippen MR) is 111 cm³/mol. The number of nitrogens with one attached hydrogen (secondary N) is 1. The summed E-state index contributed by atoms with van der Waals surface area (Å²) >= 11 is 0. The zero-order valence-electron chi connectivity index (χ0n) is 15.9. The molecule has 8 nitrogen and oxygen atoms in total. The first-order valence-electron chi connectivity index (χ1n) is 8.89. The van der Waals surface area contributed by atoms with E-state index < -0.39 is 10.9 Å². The highest BCUT2D eigenvalue weighted by Gasteiger charge is 2.13. The van der Waals surface area contributed by atoms with Gasteiger partial charge < -0.3 is 4.74 Å². The topological polar surface area (TPSA) is 111 Å². The average molecular weight is 403 g/mol. The number of carbonyl (C=O) groups is 2. The maximum Gasteiger partial charge on any atom is 0.343 e. The van der Waals surface area contributed by atoms with Gasteiger partial charge in [-0.05, 0) is 42.8 Å². The molecule has 3 aromatic rings. The van der Waals surface area contributed by atoms with Gasteiger partial charge in [0.2, 0.25) is 0 Å². The number of ether oxygens (including phenoxy) is 1. The van der Waals surface area contributed by atoms with Crippen LogP contribution in [-0.2, 0) is 0 Å². The number of aryl methyl sites for hydroxylation is 1. The molecule has 1 amide bonds. The molecule has 30 heavy (non-hydrogen) atoms. The van der Waals surface area contributed by atoms with Crippen LogP contribution in [0.25, 0.3) is 0 Å². The van der Waals surface area contributed by atoms with Crippen LogP contribution in [0.15, 0.2) is 77.9 Å². The zero-order chi connectivity index (χ0) is 21.5. The zero-order valence-corrected chi connectivity index (χ0v) is 15.9. The van der Waals surface area contributed by atoms with E-state index in [1.807, 2.05) is 19.1 Å². The normalized spacial score (nSPS) is 10.6. The number of nitrogens with zero attached hydrogens (tertiary/aromatic N) is 2. The van der Waals surface area contributed by atoms with Crippen molar-refractivity contribution in [3.05, 3.63) is 105 Å². The highest BCUT2D eigenvalue weighted by Crippen LogP contribution is 2.17. The van der Waals surface area contributed by atoms with Gasteiger partial charge in [-0.15, -0.1) is 0 Å². The monoisotopic (exact) mass is 403 g/mol. The summed E-state index contributed by atoms with van der Waals surface area (Å²) in [7, 11) is 0. The van der Waals surface area contributed by atoms with Crippen LogP contribution in [0.3, 0.4) is 0 Å². The number of amides is 1. The van der Waals surface area contributed by atoms with E-state index >= 15 is 0 Å². The molecule has 0 saturated heterocycles. The van der Waals surface area contributed by atoms with E-state index in [0.29, 0.717) is 11.1 Å². The number of hydrogen-bond acceptors (Lipinski definition) is 6. The van der Waals surface area contributed by atoms with E-state index in [0.717, 1.165) is 11.6 Å². The third kappa shape index (κ3) is 5.35. The first-order chi connectivity index (χ1) is 14.4. The van der Waals surface area contributed by atoms with Crippen molar-refractivity contribution in [2.45, 2.75) is 6.92 Å². The standard InChI is InChI=1S/C22H17N3O5/c1-15-8-10-17(11-9-15)21(26)24-23-14-16-4-2-7-20(12-16)30-22(27)18-5-3-6-19(13-18)25(28)29/h2-14H,1H3,(H,24,26). The number of hydrazone groups is 1. The summed E-state index contributed by atoms with van der Waals surface area (Å²) in [5.41, 5.74) is 4.41. The molecule has 0 unspecified atom stereocenters. The summed E-state index contributed by atoms with van der Waals surface area (Å²) in [5.74, 6) is -0.833. The van der Waals surface area contributed by atoms with Crippen LogP contribution in [0.1, 0.15) is 31.8 Å². The van der Waals surface area contributed by atoms with Gasteiger partial charge in [-0.3, -0.25) is 14.9 Å². The minimum atomic E-state index is -0.722. The fraction of sp³-hybridized carbons (Fsp3) is 0.0455. The van der Waals surface area contributed by atoms with Gasteiger partial charge in [0, 0.05) is 17.7 Å². The van der Waals surface area contributed by atoms with Crippen LogP contribution in [0.2, 0.25) is 0 Å². The van der Waals surface area contributed by atoms with E-state index in [1.54, 1.807) is 36.4 Å². The molecule has 0 heterocycles. The predicted octanol–water partition coefficient (Wildman–Crippen LogP) is 3.89. The highest BCUT2D eigenvalue weighted by atomic mass is 16.6. The Hall–Kier alpha value is -4.33. The van der Waals surface area contributed by atoms with E-state index in [-0.39, 0.29) is 22.9 Å². The molecule has 0 spiro atoms. The van der Waals surface area contributed by atoms with Crippen molar-refractivity contribution in [2.75, 3.05) is 0 Å². The molecule has 0 radical (unpaired) electrons. The summed E-state index contributed by atoms with van der Waals surface area (Å²) in [5, 5.41) is 14.8. The fourth-order valence-electron chi connectivity index (χ4n) is 2.51. The van der Waals surface area contributed by atoms with Gasteiger partial charge in [0.15, 0.2) is 0 Å². The Morgan fingerprint density at radius 1 is 1.00 bits per heavy atom. The number of carbonyl (C=O) groups excluding carboxylic acids is 2. The van der Waals surface area contributed by atoms with Gasteiger partial charge in [0.25, 0.3) is 11.6 Å². The molecule has 1 N–H and O–H groups in total. The van der Waals surface area contributed by atoms with Crippen molar-refractivity contribution in [3.8, 4) is 5.75 Å². The van der Waals surface area contributed by atoms with Crippen molar-refractivity contribution in [2.24, 2.45) is 5.10 Å². The van der Waals surface area contributed by atoms with Gasteiger partial charge in [-0.2, -0.15) is 5.10 Å². The van der Waals surface area contributed by atoms with E-state index in [1.165, 1.54) is 24.4 Å². The molecule has 0 aliphatic carbocycles. The van der Waals surface area contributed by atoms with E-state index in [4.69, 9.17) is 4.74 Å². The number of esters is 1. The Morgan fingerprint density at radius 3 is 2.47 bits per heavy atom. The molecule has 0 fully saturated rings. The van der Waals surface area contributed by atoms with Crippen molar-refractivity contribution in [1.29, 1.82) is 0 Å². The molecule has 0 aliphatic rings. The van der Waals surface area contributed by atoms with Gasteiger partial charge in [-0.25, -0.2) is 10.2 Å². The van der Waals surface area contributed by atoms with Crippen LogP contribution >= 0.6 is 0 Å². The van der Waals surface area contributed by atoms with Crippen LogP contribution in [0.5, 0.6) is 5.75 Å². The van der Waals surface area contributed by atoms with Crippen molar-refractivity contribution >= 4 is 23.8 Å². The molecule has 3 rings (SSSR count). The third-order valence-electron chi connectivity index (χ3n) is 4.05. The lowest BCUT2D eigenvalue weighted by molar-refractivity contribution is -0.384. The Labute approximate surface area is 172 Å². The second-order valence-corrected chi connectivity index (χ2v) is 6.33. The second-order valence-electron chi connectivity index (χ2n) is 6.33. The van der Waals surface area contributed by atoms with Crippen LogP contribution in [0, 0.1) is 17.0 Å². The molecule has 0 bridgehead atoms. The molecule has 0 atom stereocenters. The number of non-ortho nitro benzene ring substituents is 1. The van der Waals surface area contributed by atoms with E-state index in [2.05, 4.69) is 10.5 Å². The van der Waals surface area contributed by atoms with Gasteiger partial charge in [-0.1, -0.05) is 35.9 Å². The fourth-order valence-corrected chi connectivity index (χ4v) is 2.51. The number of benzene rings is 3. The molecule has 150 valence electrons.